The molecule has 0 saturated carbocycles. The Morgan fingerprint density at radius 1 is 0.704 bits per heavy atom. The maximum absolute atomic E-state index is 12.4. The summed E-state index contributed by atoms with van der Waals surface area (Å²) >= 11 is -4.25. The van der Waals surface area contributed by atoms with Crippen LogP contribution in [0.25, 0.3) is 0 Å². The van der Waals surface area contributed by atoms with Gasteiger partial charge in [0.15, 0.2) is 0 Å². The molecule has 9 heteroatoms. The minimum absolute atomic E-state index is 0.0988. The van der Waals surface area contributed by atoms with Crippen molar-refractivity contribution in [2.24, 2.45) is 0 Å². The van der Waals surface area contributed by atoms with E-state index in [1.807, 2.05) is 0 Å². The van der Waals surface area contributed by atoms with Gasteiger partial charge >= 0.3 is 167 Å². The average molecular weight is 468 g/mol. The van der Waals surface area contributed by atoms with Crippen molar-refractivity contribution in [1.29, 1.82) is 0 Å². The van der Waals surface area contributed by atoms with E-state index in [-0.39, 0.29) is 58.1 Å². The van der Waals surface area contributed by atoms with E-state index < -0.39 is 33.1 Å². The molecular weight excluding hydrogens is 435 g/mol. The second-order valence-electron chi connectivity index (χ2n) is 6.64. The fourth-order valence-corrected chi connectivity index (χ4v) is 11.6. The molecule has 0 aromatic carbocycles. The van der Waals surface area contributed by atoms with Gasteiger partial charge in [0.2, 0.25) is 0 Å². The van der Waals surface area contributed by atoms with Gasteiger partial charge in [-0.15, -0.1) is 0 Å². The number of hydrogen-bond acceptors (Lipinski definition) is 8. The van der Waals surface area contributed by atoms with Gasteiger partial charge in [0, 0.05) is 0 Å². The molecule has 0 bridgehead atoms. The molecule has 0 aromatic rings. The molecule has 0 aromatic heterocycles. The Labute approximate surface area is 166 Å². The summed E-state index contributed by atoms with van der Waals surface area (Å²) in [5, 5.41) is 0. The minimum atomic E-state index is -4.25. The zero-order valence-corrected chi connectivity index (χ0v) is 19.6. The molecule has 8 nitrogen and oxygen atoms in total. The quantitative estimate of drug-likeness (QED) is 0.284. The second kappa shape index (κ2) is 13.3. The molecule has 0 aliphatic carbocycles. The summed E-state index contributed by atoms with van der Waals surface area (Å²) in [4.78, 5) is 48.0. The Morgan fingerprint density at radius 3 is 1.30 bits per heavy atom. The summed E-state index contributed by atoms with van der Waals surface area (Å²) in [5.41, 5.74) is 0. The first-order chi connectivity index (χ1) is 12.5. The topological polar surface area (TPSA) is 105 Å². The van der Waals surface area contributed by atoms with Crippen molar-refractivity contribution in [2.75, 3.05) is 13.2 Å². The van der Waals surface area contributed by atoms with Gasteiger partial charge in [-0.25, -0.2) is 0 Å². The third-order valence-corrected chi connectivity index (χ3v) is 12.1. The molecular formula is C18H32O8Zr. The van der Waals surface area contributed by atoms with Gasteiger partial charge < -0.3 is 0 Å². The Bertz CT molecular complexity index is 469. The van der Waals surface area contributed by atoms with Crippen LogP contribution in [0.15, 0.2) is 0 Å². The summed E-state index contributed by atoms with van der Waals surface area (Å²) < 4.78 is 21.4. The van der Waals surface area contributed by atoms with Gasteiger partial charge in [-0.05, 0) is 0 Å². The molecule has 0 atom stereocenters. The molecule has 0 spiro atoms. The monoisotopic (exact) mass is 466 g/mol. The van der Waals surface area contributed by atoms with Crippen LogP contribution < -0.4 is 0 Å². The molecule has 0 amide bonds. The zero-order valence-electron chi connectivity index (χ0n) is 17.2. The normalized spacial score (nSPS) is 11.6. The Kier molecular flexibility index (Phi) is 12.8. The molecule has 0 N–H and O–H groups in total. The van der Waals surface area contributed by atoms with Gasteiger partial charge in [0.25, 0.3) is 0 Å². The van der Waals surface area contributed by atoms with Crippen LogP contribution in [-0.4, -0.2) is 48.9 Å². The standard InChI is InChI=1S/2C6H9O3.2C3H7O.Zr/c2*1-3-9-6(8)4-5(2)7;2*1-3(2)4;/h2*2-4H2,1H3;2*3H,1-2H3;/q;;2*-1;+2. The van der Waals surface area contributed by atoms with E-state index in [0.29, 0.717) is 0 Å². The summed E-state index contributed by atoms with van der Waals surface area (Å²) in [5.74, 6) is -1.99. The SMILES string of the molecule is CCOC(=O)CC(=O)[CH2][Zr]([CH2]C(=O)CC(=O)OCC)([O]C(C)C)[O]C(C)C. The van der Waals surface area contributed by atoms with Crippen LogP contribution in [0.2, 0.25) is 8.26 Å². The molecule has 0 unspecified atom stereocenters. The van der Waals surface area contributed by atoms with E-state index in [1.54, 1.807) is 41.5 Å². The van der Waals surface area contributed by atoms with Crippen molar-refractivity contribution >= 4 is 23.5 Å². The van der Waals surface area contributed by atoms with Crippen LogP contribution >= 0.6 is 0 Å². The number of ether oxygens (including phenoxy) is 2. The van der Waals surface area contributed by atoms with E-state index in [0.717, 1.165) is 0 Å². The van der Waals surface area contributed by atoms with Crippen molar-refractivity contribution in [1.82, 2.24) is 0 Å². The number of ketones is 2. The summed E-state index contributed by atoms with van der Waals surface area (Å²) in [6.45, 7) is 10.9. The van der Waals surface area contributed by atoms with Gasteiger partial charge in [-0.2, -0.15) is 0 Å². The Hall–Kier alpha value is -0.917. The number of carbonyl (C=O) groups is 4. The number of Topliss-reactive ketones (excluding diaryl/α,β-unsaturated/α-hetero) is 2. The van der Waals surface area contributed by atoms with Gasteiger partial charge in [0.05, 0.1) is 0 Å². The maximum atomic E-state index is 12.4. The van der Waals surface area contributed by atoms with Crippen LogP contribution in [0.4, 0.5) is 0 Å². The van der Waals surface area contributed by atoms with Crippen LogP contribution in [0.3, 0.4) is 0 Å². The molecule has 156 valence electrons. The van der Waals surface area contributed by atoms with Gasteiger partial charge in [-0.1, -0.05) is 0 Å². The first kappa shape index (κ1) is 26.1. The molecule has 0 fully saturated rings. The van der Waals surface area contributed by atoms with Crippen LogP contribution in [0, 0.1) is 0 Å². The number of esters is 2. The molecule has 0 aliphatic rings. The fraction of sp³-hybridized carbons (Fsp3) is 0.778. The van der Waals surface area contributed by atoms with E-state index >= 15 is 0 Å². The molecule has 0 heterocycles. The number of rotatable bonds is 14. The zero-order chi connectivity index (χ0) is 21.0. The van der Waals surface area contributed by atoms with Crippen LogP contribution in [-0.2, 0) is 55.4 Å². The van der Waals surface area contributed by atoms with Crippen LogP contribution in [0.5, 0.6) is 0 Å². The predicted molar refractivity (Wildman–Crippen MR) is 94.6 cm³/mol. The number of hydrogen-bond donors (Lipinski definition) is 0. The van der Waals surface area contributed by atoms with E-state index in [1.165, 1.54) is 0 Å². The van der Waals surface area contributed by atoms with Gasteiger partial charge in [0.1, 0.15) is 0 Å². The van der Waals surface area contributed by atoms with Crippen molar-refractivity contribution in [3.63, 3.8) is 0 Å². The Morgan fingerprint density at radius 2 is 1.04 bits per heavy atom. The molecule has 0 aliphatic heterocycles. The van der Waals surface area contributed by atoms with Crippen molar-refractivity contribution in [2.45, 2.75) is 74.8 Å². The van der Waals surface area contributed by atoms with Crippen molar-refractivity contribution < 1.29 is 55.4 Å². The van der Waals surface area contributed by atoms with Gasteiger partial charge in [-0.3, -0.25) is 0 Å². The average Bonchev–Trinajstić information content (AvgIpc) is 2.44. The molecule has 0 rings (SSSR count). The van der Waals surface area contributed by atoms with Crippen LogP contribution in [0.1, 0.15) is 54.4 Å². The van der Waals surface area contributed by atoms with E-state index in [4.69, 9.17) is 15.1 Å². The third kappa shape index (κ3) is 12.2. The Balaban J connectivity index is 5.37. The summed E-state index contributed by atoms with van der Waals surface area (Å²) in [6, 6.07) is 0. The van der Waals surface area contributed by atoms with E-state index in [9.17, 15) is 19.2 Å². The second-order valence-corrected chi connectivity index (χ2v) is 14.0. The van der Waals surface area contributed by atoms with Crippen molar-refractivity contribution in [3.05, 3.63) is 0 Å². The predicted octanol–water partition coefficient (Wildman–Crippen LogP) is 2.70. The molecule has 27 heavy (non-hydrogen) atoms. The first-order valence-corrected chi connectivity index (χ1v) is 14.7. The molecule has 0 radical (unpaired) electrons. The fourth-order valence-electron chi connectivity index (χ4n) is 2.59. The van der Waals surface area contributed by atoms with E-state index in [2.05, 4.69) is 0 Å². The summed E-state index contributed by atoms with van der Waals surface area (Å²) in [6.07, 6.45) is -1.29. The number of carbonyl (C=O) groups excluding carboxylic acids is 4. The third-order valence-electron chi connectivity index (χ3n) is 3.13. The first-order valence-electron chi connectivity index (χ1n) is 9.23. The van der Waals surface area contributed by atoms with Crippen molar-refractivity contribution in [3.8, 4) is 0 Å². The summed E-state index contributed by atoms with van der Waals surface area (Å²) in [7, 11) is 0. The molecule has 0 saturated heterocycles.